The molecule has 0 aliphatic rings. The smallest absolute Gasteiger partial charge is 0.246 e. The van der Waals surface area contributed by atoms with Gasteiger partial charge in [0.05, 0.1) is 6.04 Å². The van der Waals surface area contributed by atoms with E-state index in [1.165, 1.54) is 0 Å². The Kier molecular flexibility index (Phi) is 3.65. The molecule has 0 aliphatic heterocycles. The molecule has 0 bridgehead atoms. The molecule has 1 atom stereocenters. The van der Waals surface area contributed by atoms with Gasteiger partial charge in [0.25, 0.3) is 0 Å². The van der Waals surface area contributed by atoms with E-state index in [0.29, 0.717) is 6.42 Å². The summed E-state index contributed by atoms with van der Waals surface area (Å²) in [6, 6.07) is 9.16. The van der Waals surface area contributed by atoms with Gasteiger partial charge in [-0.2, -0.15) is 0 Å². The molecule has 3 heteroatoms. The molecule has 0 aliphatic carbocycles. The van der Waals surface area contributed by atoms with Crippen LogP contribution < -0.4 is 0 Å². The summed E-state index contributed by atoms with van der Waals surface area (Å²) in [6.45, 7) is 3.52. The Balaban J connectivity index is 2.75. The fraction of sp³-hybridized carbons (Fsp3) is 0.364. The highest BCUT2D eigenvalue weighted by atomic mass is 16.5. The number of nitrogens with zero attached hydrogens (tertiary/aromatic N) is 1. The molecule has 1 aromatic carbocycles. The van der Waals surface area contributed by atoms with E-state index in [1.54, 1.807) is 13.8 Å². The van der Waals surface area contributed by atoms with Crippen LogP contribution in [0.5, 0.6) is 0 Å². The predicted molar refractivity (Wildman–Crippen MR) is 53.8 cm³/mol. The number of carbonyl (C=O) groups is 1. The molecule has 76 valence electrons. The zero-order valence-corrected chi connectivity index (χ0v) is 8.47. The summed E-state index contributed by atoms with van der Waals surface area (Å²) in [6.07, 6.45) is 0.313. The first-order chi connectivity index (χ1) is 6.66. The molecule has 1 aromatic rings. The van der Waals surface area contributed by atoms with Gasteiger partial charge in [-0.25, -0.2) is 5.06 Å². The van der Waals surface area contributed by atoms with Crippen molar-refractivity contribution in [2.75, 3.05) is 0 Å². The lowest BCUT2D eigenvalue weighted by Gasteiger charge is -2.22. The van der Waals surface area contributed by atoms with E-state index in [1.807, 2.05) is 30.3 Å². The van der Waals surface area contributed by atoms with Crippen molar-refractivity contribution in [3.63, 3.8) is 0 Å². The van der Waals surface area contributed by atoms with Gasteiger partial charge < -0.3 is 0 Å². The van der Waals surface area contributed by atoms with Gasteiger partial charge in [0.15, 0.2) is 0 Å². The highest BCUT2D eigenvalue weighted by Gasteiger charge is 2.17. The first kappa shape index (κ1) is 10.7. The van der Waals surface area contributed by atoms with Gasteiger partial charge in [-0.05, 0) is 12.5 Å². The second kappa shape index (κ2) is 4.77. The van der Waals surface area contributed by atoms with Crippen LogP contribution >= 0.6 is 0 Å². The van der Waals surface area contributed by atoms with Crippen molar-refractivity contribution in [2.24, 2.45) is 0 Å². The van der Waals surface area contributed by atoms with Crippen LogP contribution in [0.15, 0.2) is 30.3 Å². The zero-order valence-electron chi connectivity index (χ0n) is 8.47. The van der Waals surface area contributed by atoms with Crippen molar-refractivity contribution in [3.8, 4) is 0 Å². The standard InChI is InChI=1S/C11H15NO2/c1-3-11(13)12(14)9(2)10-7-5-4-6-8-10/h4-9,14H,3H2,1-2H3. The summed E-state index contributed by atoms with van der Waals surface area (Å²) >= 11 is 0. The van der Waals surface area contributed by atoms with E-state index < -0.39 is 0 Å². The largest absolute Gasteiger partial charge is 0.285 e. The highest BCUT2D eigenvalue weighted by molar-refractivity contribution is 5.74. The van der Waals surface area contributed by atoms with Crippen molar-refractivity contribution in [1.29, 1.82) is 0 Å². The summed E-state index contributed by atoms with van der Waals surface area (Å²) in [7, 11) is 0. The van der Waals surface area contributed by atoms with Gasteiger partial charge >= 0.3 is 0 Å². The maximum Gasteiger partial charge on any atom is 0.246 e. The average Bonchev–Trinajstić information content (AvgIpc) is 2.27. The number of carbonyl (C=O) groups excluding carboxylic acids is 1. The SMILES string of the molecule is CCC(=O)N(O)C(C)c1ccccc1. The molecule has 1 unspecified atom stereocenters. The summed E-state index contributed by atoms with van der Waals surface area (Å²) in [5, 5.41) is 10.3. The molecule has 1 rings (SSSR count). The highest BCUT2D eigenvalue weighted by Crippen LogP contribution is 2.18. The molecule has 0 saturated carbocycles. The Morgan fingerprint density at radius 2 is 2.00 bits per heavy atom. The third-order valence-corrected chi connectivity index (χ3v) is 2.21. The van der Waals surface area contributed by atoms with Crippen molar-refractivity contribution in [3.05, 3.63) is 35.9 Å². The van der Waals surface area contributed by atoms with Crippen molar-refractivity contribution in [1.82, 2.24) is 5.06 Å². The zero-order chi connectivity index (χ0) is 10.6. The third-order valence-electron chi connectivity index (χ3n) is 2.21. The molecule has 0 heterocycles. The number of benzene rings is 1. The van der Waals surface area contributed by atoms with Crippen LogP contribution in [0.4, 0.5) is 0 Å². The fourth-order valence-corrected chi connectivity index (χ4v) is 1.25. The maximum absolute atomic E-state index is 11.2. The van der Waals surface area contributed by atoms with Gasteiger partial charge in [-0.15, -0.1) is 0 Å². The normalized spacial score (nSPS) is 12.2. The lowest BCUT2D eigenvalue weighted by molar-refractivity contribution is -0.174. The summed E-state index contributed by atoms with van der Waals surface area (Å²) < 4.78 is 0. The van der Waals surface area contributed by atoms with Gasteiger partial charge in [-0.1, -0.05) is 37.3 Å². The maximum atomic E-state index is 11.2. The van der Waals surface area contributed by atoms with Crippen LogP contribution in [0.2, 0.25) is 0 Å². The van der Waals surface area contributed by atoms with E-state index in [4.69, 9.17) is 0 Å². The molecule has 0 radical (unpaired) electrons. The van der Waals surface area contributed by atoms with Gasteiger partial charge in [0.2, 0.25) is 5.91 Å². The quantitative estimate of drug-likeness (QED) is 0.591. The molecular weight excluding hydrogens is 178 g/mol. The van der Waals surface area contributed by atoms with E-state index in [9.17, 15) is 10.0 Å². The number of amides is 1. The third kappa shape index (κ3) is 2.33. The van der Waals surface area contributed by atoms with Crippen LogP contribution in [0.1, 0.15) is 31.9 Å². The number of rotatable bonds is 3. The summed E-state index contributed by atoms with van der Waals surface area (Å²) in [5.41, 5.74) is 0.928. The molecule has 0 saturated heterocycles. The molecule has 14 heavy (non-hydrogen) atoms. The number of hydrogen-bond acceptors (Lipinski definition) is 2. The lowest BCUT2D eigenvalue weighted by Crippen LogP contribution is -2.29. The monoisotopic (exact) mass is 193 g/mol. The minimum absolute atomic E-state index is 0.263. The van der Waals surface area contributed by atoms with Crippen LogP contribution in [0, 0.1) is 0 Å². The molecule has 0 aromatic heterocycles. The van der Waals surface area contributed by atoms with Crippen LogP contribution in [0.25, 0.3) is 0 Å². The molecule has 1 N–H and O–H groups in total. The Labute approximate surface area is 83.9 Å². The predicted octanol–water partition coefficient (Wildman–Crippen LogP) is 2.38. The minimum Gasteiger partial charge on any atom is -0.285 e. The van der Waals surface area contributed by atoms with Gasteiger partial charge in [-0.3, -0.25) is 10.0 Å². The van der Waals surface area contributed by atoms with Crippen LogP contribution in [0.3, 0.4) is 0 Å². The topological polar surface area (TPSA) is 40.5 Å². The molecular formula is C11H15NO2. The Hall–Kier alpha value is -1.35. The van der Waals surface area contributed by atoms with E-state index >= 15 is 0 Å². The second-order valence-electron chi connectivity index (χ2n) is 3.18. The average molecular weight is 193 g/mol. The molecule has 3 nitrogen and oxygen atoms in total. The van der Waals surface area contributed by atoms with Crippen molar-refractivity contribution < 1.29 is 10.0 Å². The number of hydrogen-bond donors (Lipinski definition) is 1. The molecule has 1 amide bonds. The van der Waals surface area contributed by atoms with E-state index in [0.717, 1.165) is 10.6 Å². The summed E-state index contributed by atoms with van der Waals surface area (Å²) in [4.78, 5) is 11.2. The second-order valence-corrected chi connectivity index (χ2v) is 3.18. The Morgan fingerprint density at radius 3 is 2.50 bits per heavy atom. The fourth-order valence-electron chi connectivity index (χ4n) is 1.25. The first-order valence-corrected chi connectivity index (χ1v) is 4.72. The van der Waals surface area contributed by atoms with Crippen LogP contribution in [-0.2, 0) is 4.79 Å². The van der Waals surface area contributed by atoms with E-state index in [2.05, 4.69) is 0 Å². The van der Waals surface area contributed by atoms with Gasteiger partial charge in [0.1, 0.15) is 0 Å². The van der Waals surface area contributed by atoms with Crippen molar-refractivity contribution >= 4 is 5.91 Å². The van der Waals surface area contributed by atoms with Gasteiger partial charge in [0, 0.05) is 6.42 Å². The van der Waals surface area contributed by atoms with E-state index in [-0.39, 0.29) is 11.9 Å². The minimum atomic E-state index is -0.288. The van der Waals surface area contributed by atoms with Crippen molar-refractivity contribution in [2.45, 2.75) is 26.3 Å². The molecule has 0 spiro atoms. The Bertz CT molecular complexity index is 297. The van der Waals surface area contributed by atoms with Crippen LogP contribution in [-0.4, -0.2) is 16.2 Å². The number of hydroxylamine groups is 2. The summed E-state index contributed by atoms with van der Waals surface area (Å²) in [5.74, 6) is -0.263. The Morgan fingerprint density at radius 1 is 1.43 bits per heavy atom. The molecule has 0 fully saturated rings. The lowest BCUT2D eigenvalue weighted by atomic mass is 10.1. The first-order valence-electron chi connectivity index (χ1n) is 4.72.